The zero-order valence-electron chi connectivity index (χ0n) is 5.84. The minimum atomic E-state index is -1.82. The Bertz CT molecular complexity index is 89.1. The number of hydrogen-bond acceptors (Lipinski definition) is 2. The van der Waals surface area contributed by atoms with Crippen molar-refractivity contribution >= 4 is 7.72 Å². The first-order valence-electron chi connectivity index (χ1n) is 3.51. The molecule has 9 heavy (non-hydrogen) atoms. The van der Waals surface area contributed by atoms with Crippen molar-refractivity contribution in [2.75, 3.05) is 18.9 Å². The molecule has 1 aliphatic heterocycles. The Morgan fingerprint density at radius 1 is 1.44 bits per heavy atom. The molecule has 0 amide bonds. The third-order valence-corrected chi connectivity index (χ3v) is 4.40. The van der Waals surface area contributed by atoms with E-state index in [0.29, 0.717) is 6.61 Å². The Morgan fingerprint density at radius 2 is 2.00 bits per heavy atom. The standard InChI is InChI=1S/C6H14O2P/c1-2-8-9(7)5-3-4-6-9/h7H,2-6H2,1H3/q+1. The lowest BCUT2D eigenvalue weighted by atomic mass is 10.4. The Kier molecular flexibility index (Phi) is 2.45. The lowest BCUT2D eigenvalue weighted by Crippen LogP contribution is -1.98. The molecule has 0 radical (unpaired) electrons. The van der Waals surface area contributed by atoms with Crippen molar-refractivity contribution in [1.82, 2.24) is 0 Å². The molecule has 0 aromatic rings. The van der Waals surface area contributed by atoms with Crippen LogP contribution in [0.4, 0.5) is 0 Å². The molecule has 0 bridgehead atoms. The zero-order valence-corrected chi connectivity index (χ0v) is 6.73. The molecule has 3 heteroatoms. The second-order valence-corrected chi connectivity index (χ2v) is 5.26. The van der Waals surface area contributed by atoms with E-state index in [1.165, 1.54) is 0 Å². The van der Waals surface area contributed by atoms with E-state index < -0.39 is 7.72 Å². The number of hydrogen-bond donors (Lipinski definition) is 1. The van der Waals surface area contributed by atoms with E-state index in [-0.39, 0.29) is 0 Å². The molecule has 1 fully saturated rings. The van der Waals surface area contributed by atoms with Crippen LogP contribution >= 0.6 is 7.72 Å². The van der Waals surface area contributed by atoms with Crippen molar-refractivity contribution in [2.24, 2.45) is 0 Å². The van der Waals surface area contributed by atoms with Gasteiger partial charge in [-0.05, 0) is 19.8 Å². The van der Waals surface area contributed by atoms with Gasteiger partial charge in [0.1, 0.15) is 12.3 Å². The lowest BCUT2D eigenvalue weighted by Gasteiger charge is -2.09. The first-order valence-corrected chi connectivity index (χ1v) is 5.54. The molecule has 0 saturated carbocycles. The van der Waals surface area contributed by atoms with Gasteiger partial charge < -0.3 is 0 Å². The molecule has 0 aromatic carbocycles. The summed E-state index contributed by atoms with van der Waals surface area (Å²) in [4.78, 5) is 9.58. The van der Waals surface area contributed by atoms with Gasteiger partial charge in [-0.15, -0.1) is 0 Å². The van der Waals surface area contributed by atoms with Crippen LogP contribution in [0.3, 0.4) is 0 Å². The van der Waals surface area contributed by atoms with Crippen LogP contribution in [0.25, 0.3) is 0 Å². The third-order valence-electron chi connectivity index (χ3n) is 1.63. The highest BCUT2D eigenvalue weighted by atomic mass is 31.2. The largest absolute Gasteiger partial charge is 0.271 e. The Balaban J connectivity index is 2.32. The first-order chi connectivity index (χ1) is 4.27. The molecule has 1 N–H and O–H groups in total. The highest BCUT2D eigenvalue weighted by Gasteiger charge is 2.40. The van der Waals surface area contributed by atoms with Gasteiger partial charge in [0, 0.05) is 0 Å². The molecule has 0 atom stereocenters. The van der Waals surface area contributed by atoms with E-state index >= 15 is 0 Å². The van der Waals surface area contributed by atoms with Gasteiger partial charge in [-0.2, -0.15) is 0 Å². The maximum atomic E-state index is 9.58. The Hall–Kier alpha value is 0.350. The molecule has 0 unspecified atom stereocenters. The molecule has 0 aromatic heterocycles. The van der Waals surface area contributed by atoms with E-state index in [1.807, 2.05) is 6.92 Å². The molecular weight excluding hydrogens is 135 g/mol. The average molecular weight is 149 g/mol. The van der Waals surface area contributed by atoms with Crippen molar-refractivity contribution in [1.29, 1.82) is 0 Å². The van der Waals surface area contributed by atoms with Crippen molar-refractivity contribution < 1.29 is 9.42 Å². The highest BCUT2D eigenvalue weighted by Crippen LogP contribution is 2.60. The van der Waals surface area contributed by atoms with Crippen LogP contribution in [-0.2, 0) is 4.52 Å². The minimum Gasteiger partial charge on any atom is -0.220 e. The summed E-state index contributed by atoms with van der Waals surface area (Å²) in [5.74, 6) is 0. The van der Waals surface area contributed by atoms with Gasteiger partial charge >= 0.3 is 0 Å². The monoisotopic (exact) mass is 149 g/mol. The lowest BCUT2D eigenvalue weighted by molar-refractivity contribution is 0.313. The molecule has 2 nitrogen and oxygen atoms in total. The summed E-state index contributed by atoms with van der Waals surface area (Å²) >= 11 is 0. The SMILES string of the molecule is CCO[P+]1(O)CCCC1. The second-order valence-electron chi connectivity index (χ2n) is 2.42. The summed E-state index contributed by atoms with van der Waals surface area (Å²) in [5.41, 5.74) is 0. The van der Waals surface area contributed by atoms with E-state index in [1.54, 1.807) is 0 Å². The molecule has 1 rings (SSSR count). The van der Waals surface area contributed by atoms with Gasteiger partial charge in [-0.1, -0.05) is 0 Å². The van der Waals surface area contributed by atoms with E-state index in [2.05, 4.69) is 0 Å². The third kappa shape index (κ3) is 1.89. The fourth-order valence-corrected chi connectivity index (χ4v) is 3.60. The summed E-state index contributed by atoms with van der Waals surface area (Å²) in [7, 11) is -1.82. The molecular formula is C6H14O2P+. The van der Waals surface area contributed by atoms with Gasteiger partial charge in [-0.3, -0.25) is 0 Å². The van der Waals surface area contributed by atoms with Crippen molar-refractivity contribution in [3.63, 3.8) is 0 Å². The summed E-state index contributed by atoms with van der Waals surface area (Å²) in [6, 6.07) is 0. The zero-order chi connectivity index (χ0) is 6.74. The summed E-state index contributed by atoms with van der Waals surface area (Å²) in [6.07, 6.45) is 4.18. The van der Waals surface area contributed by atoms with Crippen LogP contribution in [0.2, 0.25) is 0 Å². The maximum absolute atomic E-state index is 9.58. The molecule has 1 saturated heterocycles. The summed E-state index contributed by atoms with van der Waals surface area (Å²) in [6.45, 7) is 2.61. The summed E-state index contributed by atoms with van der Waals surface area (Å²) in [5, 5.41) is 0. The van der Waals surface area contributed by atoms with Crippen molar-refractivity contribution in [3.05, 3.63) is 0 Å². The van der Waals surface area contributed by atoms with Crippen molar-refractivity contribution in [2.45, 2.75) is 19.8 Å². The average Bonchev–Trinajstić information content (AvgIpc) is 2.16. The fraction of sp³-hybridized carbons (Fsp3) is 1.00. The quantitative estimate of drug-likeness (QED) is 0.605. The van der Waals surface area contributed by atoms with Gasteiger partial charge in [-0.25, -0.2) is 9.42 Å². The van der Waals surface area contributed by atoms with E-state index in [9.17, 15) is 4.89 Å². The molecule has 1 heterocycles. The van der Waals surface area contributed by atoms with Crippen LogP contribution in [0.1, 0.15) is 19.8 Å². The Morgan fingerprint density at radius 3 is 2.44 bits per heavy atom. The summed E-state index contributed by atoms with van der Waals surface area (Å²) < 4.78 is 5.26. The molecule has 1 aliphatic rings. The predicted octanol–water partition coefficient (Wildman–Crippen LogP) is 1.66. The molecule has 0 spiro atoms. The second kappa shape index (κ2) is 2.96. The van der Waals surface area contributed by atoms with E-state index in [4.69, 9.17) is 4.52 Å². The first kappa shape index (κ1) is 7.46. The van der Waals surface area contributed by atoms with Crippen LogP contribution < -0.4 is 0 Å². The van der Waals surface area contributed by atoms with Gasteiger partial charge in [0.25, 0.3) is 7.72 Å². The van der Waals surface area contributed by atoms with Gasteiger partial charge in [0.05, 0.1) is 6.61 Å². The Labute approximate surface area is 56.7 Å². The predicted molar refractivity (Wildman–Crippen MR) is 39.7 cm³/mol. The normalized spacial score (nSPS) is 24.7. The van der Waals surface area contributed by atoms with Gasteiger partial charge in [0.15, 0.2) is 0 Å². The van der Waals surface area contributed by atoms with E-state index in [0.717, 1.165) is 25.2 Å². The van der Waals surface area contributed by atoms with Crippen LogP contribution in [0, 0.1) is 0 Å². The molecule has 0 aliphatic carbocycles. The topological polar surface area (TPSA) is 29.5 Å². The smallest absolute Gasteiger partial charge is 0.220 e. The maximum Gasteiger partial charge on any atom is 0.271 e. The van der Waals surface area contributed by atoms with Crippen LogP contribution in [-0.4, -0.2) is 23.8 Å². The van der Waals surface area contributed by atoms with Crippen molar-refractivity contribution in [3.8, 4) is 0 Å². The number of rotatable bonds is 2. The molecule has 54 valence electrons. The highest BCUT2D eigenvalue weighted by molar-refractivity contribution is 7.65. The minimum absolute atomic E-state index is 0.671. The van der Waals surface area contributed by atoms with Gasteiger partial charge in [0.2, 0.25) is 0 Å². The fourth-order valence-electron chi connectivity index (χ4n) is 1.20. The van der Waals surface area contributed by atoms with Crippen LogP contribution in [0.15, 0.2) is 0 Å². The van der Waals surface area contributed by atoms with Crippen LogP contribution in [0.5, 0.6) is 0 Å².